The van der Waals surface area contributed by atoms with Gasteiger partial charge in [-0.05, 0) is 25.0 Å². The van der Waals surface area contributed by atoms with Gasteiger partial charge in [-0.3, -0.25) is 14.2 Å². The average Bonchev–Trinajstić information content (AvgIpc) is 2.99. The molecule has 0 amide bonds. The number of benzene rings is 1. The third kappa shape index (κ3) is 3.46. The molecule has 0 N–H and O–H groups in total. The molecule has 3 rings (SSSR count). The molecule has 0 spiro atoms. The summed E-state index contributed by atoms with van der Waals surface area (Å²) in [6.07, 6.45) is 1.82. The van der Waals surface area contributed by atoms with Crippen molar-refractivity contribution in [2.75, 3.05) is 0 Å². The molecule has 2 heterocycles. The molecule has 4 nitrogen and oxygen atoms in total. The summed E-state index contributed by atoms with van der Waals surface area (Å²) in [6, 6.07) is 11.9. The Hall–Kier alpha value is -2.27. The molecule has 2 aromatic heterocycles. The number of carbonyl (C=O) groups is 1. The quantitative estimate of drug-likeness (QED) is 0.689. The highest BCUT2D eigenvalue weighted by Gasteiger charge is 2.14. The molecule has 5 heteroatoms. The van der Waals surface area contributed by atoms with Gasteiger partial charge in [0.15, 0.2) is 0 Å². The van der Waals surface area contributed by atoms with E-state index in [2.05, 4.69) is 6.92 Å². The molecular formula is C19H20N2O2S. The zero-order valence-corrected chi connectivity index (χ0v) is 14.7. The topological polar surface area (TPSA) is 52.0 Å². The van der Waals surface area contributed by atoms with Gasteiger partial charge in [-0.15, -0.1) is 11.3 Å². The number of rotatable bonds is 6. The van der Waals surface area contributed by atoms with E-state index < -0.39 is 0 Å². The zero-order valence-electron chi connectivity index (χ0n) is 13.9. The summed E-state index contributed by atoms with van der Waals surface area (Å²) in [7, 11) is 0. The molecule has 124 valence electrons. The fourth-order valence-electron chi connectivity index (χ4n) is 2.70. The predicted molar refractivity (Wildman–Crippen MR) is 97.8 cm³/mol. The van der Waals surface area contributed by atoms with Gasteiger partial charge in [0.1, 0.15) is 16.4 Å². The fourth-order valence-corrected chi connectivity index (χ4v) is 3.67. The van der Waals surface area contributed by atoms with E-state index in [0.29, 0.717) is 24.8 Å². The third-order valence-electron chi connectivity index (χ3n) is 4.02. The number of nitrogens with zero attached hydrogens (tertiary/aromatic N) is 2. The SMILES string of the molecule is CCc1cc2c(=O)n(CCC(C)=O)c(Cc3ccccc3)nc2s1. The van der Waals surface area contributed by atoms with Crippen LogP contribution < -0.4 is 5.56 Å². The Morgan fingerprint density at radius 1 is 1.25 bits per heavy atom. The first kappa shape index (κ1) is 16.6. The molecule has 0 saturated heterocycles. The van der Waals surface area contributed by atoms with Gasteiger partial charge < -0.3 is 0 Å². The summed E-state index contributed by atoms with van der Waals surface area (Å²) in [5.74, 6) is 0.802. The molecule has 0 unspecified atom stereocenters. The summed E-state index contributed by atoms with van der Waals surface area (Å²) in [4.78, 5) is 31.0. The lowest BCUT2D eigenvalue weighted by molar-refractivity contribution is -0.117. The lowest BCUT2D eigenvalue weighted by Crippen LogP contribution is -2.26. The molecule has 24 heavy (non-hydrogen) atoms. The van der Waals surface area contributed by atoms with Crippen molar-refractivity contribution >= 4 is 27.3 Å². The Morgan fingerprint density at radius 3 is 2.67 bits per heavy atom. The molecule has 0 aliphatic rings. The maximum atomic E-state index is 12.9. The number of thiophene rings is 1. The molecule has 1 aromatic carbocycles. The minimum atomic E-state index is -0.0388. The first-order valence-electron chi connectivity index (χ1n) is 8.14. The molecule has 0 radical (unpaired) electrons. The minimum Gasteiger partial charge on any atom is -0.300 e. The molecule has 0 atom stereocenters. The summed E-state index contributed by atoms with van der Waals surface area (Å²) in [6.45, 7) is 4.01. The predicted octanol–water partition coefficient (Wildman–Crippen LogP) is 3.59. The van der Waals surface area contributed by atoms with E-state index in [-0.39, 0.29) is 11.3 Å². The van der Waals surface area contributed by atoms with Gasteiger partial charge in [0.05, 0.1) is 5.39 Å². The van der Waals surface area contributed by atoms with Gasteiger partial charge in [0.25, 0.3) is 5.56 Å². The number of hydrogen-bond acceptors (Lipinski definition) is 4. The second-order valence-electron chi connectivity index (χ2n) is 5.88. The normalized spacial score (nSPS) is 11.1. The van der Waals surface area contributed by atoms with E-state index in [0.717, 1.165) is 27.5 Å². The van der Waals surface area contributed by atoms with Crippen LogP contribution in [-0.2, 0) is 24.2 Å². The maximum Gasteiger partial charge on any atom is 0.262 e. The van der Waals surface area contributed by atoms with Gasteiger partial charge >= 0.3 is 0 Å². The molecule has 0 aliphatic heterocycles. The van der Waals surface area contributed by atoms with Crippen LogP contribution in [0.4, 0.5) is 0 Å². The van der Waals surface area contributed by atoms with Crippen molar-refractivity contribution < 1.29 is 4.79 Å². The first-order chi connectivity index (χ1) is 11.6. The highest BCUT2D eigenvalue weighted by Crippen LogP contribution is 2.23. The van der Waals surface area contributed by atoms with Crippen LogP contribution >= 0.6 is 11.3 Å². The first-order valence-corrected chi connectivity index (χ1v) is 8.95. The monoisotopic (exact) mass is 340 g/mol. The molecule has 0 bridgehead atoms. The van der Waals surface area contributed by atoms with Crippen LogP contribution in [0.5, 0.6) is 0 Å². The second-order valence-corrected chi connectivity index (χ2v) is 7.00. The van der Waals surface area contributed by atoms with Crippen LogP contribution in [0.2, 0.25) is 0 Å². The highest BCUT2D eigenvalue weighted by molar-refractivity contribution is 7.18. The average molecular weight is 340 g/mol. The standard InChI is InChI=1S/C19H20N2O2S/c1-3-15-12-16-18(24-15)20-17(11-14-7-5-4-6-8-14)21(19(16)23)10-9-13(2)22/h4-8,12H,3,9-11H2,1-2H3. The van der Waals surface area contributed by atoms with Crippen molar-refractivity contribution in [1.29, 1.82) is 0 Å². The van der Waals surface area contributed by atoms with Crippen molar-refractivity contribution in [1.82, 2.24) is 9.55 Å². The van der Waals surface area contributed by atoms with Crippen LogP contribution in [0.15, 0.2) is 41.2 Å². The van der Waals surface area contributed by atoms with Crippen molar-refractivity contribution in [3.05, 3.63) is 63.0 Å². The second kappa shape index (κ2) is 7.09. The summed E-state index contributed by atoms with van der Waals surface area (Å²) < 4.78 is 1.67. The van der Waals surface area contributed by atoms with Crippen molar-refractivity contribution in [3.8, 4) is 0 Å². The van der Waals surface area contributed by atoms with Gasteiger partial charge in [0, 0.05) is 24.3 Å². The van der Waals surface area contributed by atoms with Gasteiger partial charge in [-0.2, -0.15) is 0 Å². The largest absolute Gasteiger partial charge is 0.300 e. The van der Waals surface area contributed by atoms with Gasteiger partial charge in [0.2, 0.25) is 0 Å². The van der Waals surface area contributed by atoms with E-state index in [1.807, 2.05) is 36.4 Å². The molecule has 3 aromatic rings. The lowest BCUT2D eigenvalue weighted by Gasteiger charge is -2.11. The number of carbonyl (C=O) groups excluding carboxylic acids is 1. The van der Waals surface area contributed by atoms with Gasteiger partial charge in [-0.25, -0.2) is 4.98 Å². The summed E-state index contributed by atoms with van der Waals surface area (Å²) in [5, 5.41) is 0.664. The molecule has 0 saturated carbocycles. The van der Waals surface area contributed by atoms with Crippen LogP contribution in [0.1, 0.15) is 36.5 Å². The lowest BCUT2D eigenvalue weighted by atomic mass is 10.1. The Labute approximate surface area is 144 Å². The molecule has 0 aliphatic carbocycles. The number of Topliss-reactive ketones (excluding diaryl/α,β-unsaturated/α-hetero) is 1. The number of aryl methyl sites for hydroxylation is 1. The van der Waals surface area contributed by atoms with Crippen molar-refractivity contribution in [2.24, 2.45) is 0 Å². The van der Waals surface area contributed by atoms with E-state index in [1.54, 1.807) is 22.8 Å². The van der Waals surface area contributed by atoms with E-state index in [9.17, 15) is 9.59 Å². The minimum absolute atomic E-state index is 0.0388. The van der Waals surface area contributed by atoms with Crippen LogP contribution in [0, 0.1) is 0 Å². The number of ketones is 1. The fraction of sp³-hybridized carbons (Fsp3) is 0.316. The van der Waals surface area contributed by atoms with E-state index in [1.165, 1.54) is 0 Å². The van der Waals surface area contributed by atoms with E-state index in [4.69, 9.17) is 4.98 Å². The Bertz CT molecular complexity index is 926. The number of aromatic nitrogens is 2. The Morgan fingerprint density at radius 2 is 2.00 bits per heavy atom. The Kier molecular flexibility index (Phi) is 4.90. The summed E-state index contributed by atoms with van der Waals surface area (Å²) >= 11 is 1.58. The van der Waals surface area contributed by atoms with Crippen LogP contribution in [0.25, 0.3) is 10.2 Å². The van der Waals surface area contributed by atoms with E-state index >= 15 is 0 Å². The highest BCUT2D eigenvalue weighted by atomic mass is 32.1. The smallest absolute Gasteiger partial charge is 0.262 e. The van der Waals surface area contributed by atoms with Crippen molar-refractivity contribution in [2.45, 2.75) is 39.7 Å². The van der Waals surface area contributed by atoms with Crippen molar-refractivity contribution in [3.63, 3.8) is 0 Å². The number of fused-ring (bicyclic) bond motifs is 1. The van der Waals surface area contributed by atoms with Crippen LogP contribution in [0.3, 0.4) is 0 Å². The number of hydrogen-bond donors (Lipinski definition) is 0. The Balaban J connectivity index is 2.11. The maximum absolute atomic E-state index is 12.9. The third-order valence-corrected chi connectivity index (χ3v) is 5.20. The van der Waals surface area contributed by atoms with Gasteiger partial charge in [-0.1, -0.05) is 37.3 Å². The zero-order chi connectivity index (χ0) is 17.1. The van der Waals surface area contributed by atoms with Crippen LogP contribution in [-0.4, -0.2) is 15.3 Å². The summed E-state index contributed by atoms with van der Waals surface area (Å²) in [5.41, 5.74) is 1.07. The molecular weight excluding hydrogens is 320 g/mol. The molecule has 0 fully saturated rings.